The molecule has 7 nitrogen and oxygen atoms in total. The monoisotopic (exact) mass is 317 g/mol. The molecule has 1 saturated heterocycles. The fraction of sp³-hybridized carbons (Fsp3) is 0.438. The van der Waals surface area contributed by atoms with Gasteiger partial charge in [0.15, 0.2) is 0 Å². The molecule has 1 aliphatic rings. The predicted molar refractivity (Wildman–Crippen MR) is 83.5 cm³/mol. The van der Waals surface area contributed by atoms with Gasteiger partial charge in [-0.3, -0.25) is 14.2 Å². The molecule has 2 aromatic heterocycles. The second-order valence-corrected chi connectivity index (χ2v) is 5.68. The fourth-order valence-electron chi connectivity index (χ4n) is 2.81. The Labute approximate surface area is 132 Å². The van der Waals surface area contributed by atoms with Gasteiger partial charge in [0, 0.05) is 19.3 Å². The zero-order chi connectivity index (χ0) is 16.2. The second-order valence-electron chi connectivity index (χ2n) is 5.68. The van der Waals surface area contributed by atoms with E-state index in [4.69, 9.17) is 4.42 Å². The molecule has 1 amide bonds. The van der Waals surface area contributed by atoms with Crippen molar-refractivity contribution in [3.05, 3.63) is 56.8 Å². The summed E-state index contributed by atoms with van der Waals surface area (Å²) in [6, 6.07) is 3.36. The minimum absolute atomic E-state index is 0.00180. The van der Waals surface area contributed by atoms with E-state index < -0.39 is 11.2 Å². The summed E-state index contributed by atoms with van der Waals surface area (Å²) >= 11 is 0. The van der Waals surface area contributed by atoms with Crippen LogP contribution in [-0.2, 0) is 6.54 Å². The highest BCUT2D eigenvalue weighted by Gasteiger charge is 2.22. The zero-order valence-electron chi connectivity index (χ0n) is 12.8. The smallest absolute Gasteiger partial charge is 0.328 e. The zero-order valence-corrected chi connectivity index (χ0v) is 12.8. The molecule has 2 aromatic rings. The third-order valence-electron chi connectivity index (χ3n) is 4.08. The number of aromatic nitrogens is 2. The number of hydrogen-bond donors (Lipinski definition) is 1. The number of carbonyl (C=O) groups excluding carboxylic acids is 1. The molecule has 0 spiro atoms. The van der Waals surface area contributed by atoms with Gasteiger partial charge in [-0.1, -0.05) is 12.8 Å². The number of furan rings is 1. The fourth-order valence-corrected chi connectivity index (χ4v) is 2.81. The number of nitrogens with zero attached hydrogens (tertiary/aromatic N) is 2. The largest absolute Gasteiger partial charge is 0.467 e. The number of carbonyl (C=O) groups is 1. The molecule has 3 rings (SSSR count). The Balaban J connectivity index is 1.92. The van der Waals surface area contributed by atoms with E-state index in [9.17, 15) is 14.4 Å². The predicted octanol–water partition coefficient (Wildman–Crippen LogP) is 1.19. The average Bonchev–Trinajstić information content (AvgIpc) is 2.90. The summed E-state index contributed by atoms with van der Waals surface area (Å²) in [7, 11) is 0. The van der Waals surface area contributed by atoms with Crippen molar-refractivity contribution in [2.45, 2.75) is 32.2 Å². The van der Waals surface area contributed by atoms with Gasteiger partial charge >= 0.3 is 5.69 Å². The van der Waals surface area contributed by atoms with Crippen molar-refractivity contribution in [3.8, 4) is 0 Å². The highest BCUT2D eigenvalue weighted by Crippen LogP contribution is 2.11. The van der Waals surface area contributed by atoms with Gasteiger partial charge in [-0.2, -0.15) is 0 Å². The molecular formula is C16H19N3O4. The lowest BCUT2D eigenvalue weighted by atomic mass is 10.2. The molecule has 1 aliphatic heterocycles. The maximum Gasteiger partial charge on any atom is 0.328 e. The van der Waals surface area contributed by atoms with E-state index in [1.54, 1.807) is 17.0 Å². The van der Waals surface area contributed by atoms with Gasteiger partial charge < -0.3 is 14.3 Å². The molecular weight excluding hydrogens is 298 g/mol. The summed E-state index contributed by atoms with van der Waals surface area (Å²) in [5.74, 6) is 0.165. The van der Waals surface area contributed by atoms with Crippen molar-refractivity contribution >= 4 is 5.91 Å². The van der Waals surface area contributed by atoms with Gasteiger partial charge in [-0.25, -0.2) is 4.79 Å². The van der Waals surface area contributed by atoms with Crippen LogP contribution in [0.3, 0.4) is 0 Å². The normalized spacial score (nSPS) is 15.4. The Bertz CT molecular complexity index is 780. The van der Waals surface area contributed by atoms with E-state index in [0.29, 0.717) is 18.8 Å². The summed E-state index contributed by atoms with van der Waals surface area (Å²) in [5, 5.41) is 0. The van der Waals surface area contributed by atoms with Crippen LogP contribution in [0.2, 0.25) is 0 Å². The average molecular weight is 317 g/mol. The van der Waals surface area contributed by atoms with Crippen LogP contribution in [0.1, 0.15) is 41.8 Å². The Morgan fingerprint density at radius 3 is 2.57 bits per heavy atom. The molecule has 0 bridgehead atoms. The van der Waals surface area contributed by atoms with E-state index in [0.717, 1.165) is 30.3 Å². The Morgan fingerprint density at radius 2 is 1.91 bits per heavy atom. The Kier molecular flexibility index (Phi) is 4.45. The van der Waals surface area contributed by atoms with Crippen molar-refractivity contribution in [2.24, 2.45) is 0 Å². The summed E-state index contributed by atoms with van der Waals surface area (Å²) < 4.78 is 6.16. The number of likely N-dealkylation sites (tertiary alicyclic amines) is 1. The topological polar surface area (TPSA) is 88.3 Å². The van der Waals surface area contributed by atoms with Crippen LogP contribution in [0, 0.1) is 0 Å². The minimum Gasteiger partial charge on any atom is -0.467 e. The molecule has 0 atom stereocenters. The third kappa shape index (κ3) is 3.28. The number of nitrogens with one attached hydrogen (secondary N) is 1. The summed E-state index contributed by atoms with van der Waals surface area (Å²) in [5.41, 5.74) is -1.14. The number of amides is 1. The lowest BCUT2D eigenvalue weighted by molar-refractivity contribution is 0.0758. The molecule has 1 N–H and O–H groups in total. The van der Waals surface area contributed by atoms with E-state index in [1.165, 1.54) is 12.5 Å². The highest BCUT2D eigenvalue weighted by atomic mass is 16.3. The first kappa shape index (κ1) is 15.3. The van der Waals surface area contributed by atoms with Crippen LogP contribution in [-0.4, -0.2) is 33.4 Å². The van der Waals surface area contributed by atoms with Crippen LogP contribution in [0.5, 0.6) is 0 Å². The molecule has 3 heterocycles. The van der Waals surface area contributed by atoms with Crippen molar-refractivity contribution < 1.29 is 9.21 Å². The number of H-pyrrole nitrogens is 1. The first-order valence-corrected chi connectivity index (χ1v) is 7.81. The SMILES string of the molecule is O=C(c1c[nH]c(=O)n(Cc2ccco2)c1=O)N1CCCCCC1. The third-order valence-corrected chi connectivity index (χ3v) is 4.08. The van der Waals surface area contributed by atoms with Crippen molar-refractivity contribution in [3.63, 3.8) is 0 Å². The standard InChI is InChI=1S/C16H19N3O4/c20-14(18-7-3-1-2-4-8-18)13-10-17-16(22)19(15(13)21)11-12-6-5-9-23-12/h5-6,9-10H,1-4,7-8,11H2,(H,17,22). The van der Waals surface area contributed by atoms with Gasteiger partial charge in [0.1, 0.15) is 11.3 Å². The summed E-state index contributed by atoms with van der Waals surface area (Å²) in [6.07, 6.45) is 6.76. The molecule has 23 heavy (non-hydrogen) atoms. The molecule has 0 unspecified atom stereocenters. The summed E-state index contributed by atoms with van der Waals surface area (Å²) in [4.78, 5) is 41.2. The van der Waals surface area contributed by atoms with E-state index in [-0.39, 0.29) is 18.0 Å². The maximum absolute atomic E-state index is 12.6. The van der Waals surface area contributed by atoms with Crippen molar-refractivity contribution in [1.82, 2.24) is 14.5 Å². The second kappa shape index (κ2) is 6.68. The Morgan fingerprint density at radius 1 is 1.17 bits per heavy atom. The van der Waals surface area contributed by atoms with Crippen LogP contribution in [0.25, 0.3) is 0 Å². The van der Waals surface area contributed by atoms with Crippen LogP contribution in [0.15, 0.2) is 38.6 Å². The first-order chi connectivity index (χ1) is 11.2. The van der Waals surface area contributed by atoms with Gasteiger partial charge in [0.25, 0.3) is 11.5 Å². The molecule has 0 aromatic carbocycles. The number of rotatable bonds is 3. The molecule has 0 radical (unpaired) electrons. The lowest BCUT2D eigenvalue weighted by Gasteiger charge is -2.20. The van der Waals surface area contributed by atoms with Crippen molar-refractivity contribution in [2.75, 3.05) is 13.1 Å². The van der Waals surface area contributed by atoms with Gasteiger partial charge in [0.05, 0.1) is 12.8 Å². The molecule has 122 valence electrons. The molecule has 0 aliphatic carbocycles. The van der Waals surface area contributed by atoms with Crippen LogP contribution >= 0.6 is 0 Å². The van der Waals surface area contributed by atoms with Gasteiger partial charge in [-0.15, -0.1) is 0 Å². The van der Waals surface area contributed by atoms with Gasteiger partial charge in [0.2, 0.25) is 0 Å². The van der Waals surface area contributed by atoms with Crippen LogP contribution < -0.4 is 11.2 Å². The number of aromatic amines is 1. The molecule has 7 heteroatoms. The minimum atomic E-state index is -0.584. The first-order valence-electron chi connectivity index (χ1n) is 7.81. The Hall–Kier alpha value is -2.57. The van der Waals surface area contributed by atoms with E-state index >= 15 is 0 Å². The molecule has 1 fully saturated rings. The molecule has 0 saturated carbocycles. The maximum atomic E-state index is 12.6. The highest BCUT2D eigenvalue weighted by molar-refractivity contribution is 5.93. The number of hydrogen-bond acceptors (Lipinski definition) is 4. The summed E-state index contributed by atoms with van der Waals surface area (Å²) in [6.45, 7) is 1.30. The quantitative estimate of drug-likeness (QED) is 0.921. The van der Waals surface area contributed by atoms with Crippen molar-refractivity contribution in [1.29, 1.82) is 0 Å². The lowest BCUT2D eigenvalue weighted by Crippen LogP contribution is -2.42. The van der Waals surface area contributed by atoms with E-state index in [2.05, 4.69) is 4.98 Å². The van der Waals surface area contributed by atoms with Gasteiger partial charge in [-0.05, 0) is 25.0 Å². The van der Waals surface area contributed by atoms with E-state index in [1.807, 2.05) is 0 Å². The van der Waals surface area contributed by atoms with Crippen LogP contribution in [0.4, 0.5) is 0 Å².